The highest BCUT2D eigenvalue weighted by Gasteiger charge is 2.30. The van der Waals surface area contributed by atoms with Crippen LogP contribution in [0.3, 0.4) is 0 Å². The minimum Gasteiger partial charge on any atom is -0.350 e. The Labute approximate surface area is 210 Å². The summed E-state index contributed by atoms with van der Waals surface area (Å²) in [5.74, 6) is 1.60. The molecule has 0 unspecified atom stereocenters. The normalized spacial score (nSPS) is 16.7. The first-order valence-electron chi connectivity index (χ1n) is 11.3. The van der Waals surface area contributed by atoms with Gasteiger partial charge in [-0.05, 0) is 59.0 Å². The molecule has 2 aliphatic rings. The first kappa shape index (κ1) is 22.4. The molecule has 0 N–H and O–H groups in total. The van der Waals surface area contributed by atoms with E-state index in [1.54, 1.807) is 30.9 Å². The molecule has 1 saturated heterocycles. The second-order valence-corrected chi connectivity index (χ2v) is 11.8. The summed E-state index contributed by atoms with van der Waals surface area (Å²) in [7, 11) is -3.26. The molecule has 0 bridgehead atoms. The first-order valence-corrected chi connectivity index (χ1v) is 14.0. The number of fused-ring (bicyclic) bond motifs is 2. The molecular formula is C23H22BrN7O3S. The van der Waals surface area contributed by atoms with Crippen LogP contribution >= 0.6 is 15.9 Å². The van der Waals surface area contributed by atoms with Crippen molar-refractivity contribution in [3.05, 3.63) is 52.7 Å². The van der Waals surface area contributed by atoms with Gasteiger partial charge in [-0.1, -0.05) is 5.16 Å². The molecule has 5 heterocycles. The molecular weight excluding hydrogens is 534 g/mol. The monoisotopic (exact) mass is 555 g/mol. The predicted octanol–water partition coefficient (Wildman–Crippen LogP) is 3.65. The lowest BCUT2D eigenvalue weighted by Crippen LogP contribution is -2.34. The lowest BCUT2D eigenvalue weighted by Gasteiger charge is -2.30. The van der Waals surface area contributed by atoms with E-state index >= 15 is 0 Å². The van der Waals surface area contributed by atoms with Gasteiger partial charge in [0.15, 0.2) is 15.7 Å². The van der Waals surface area contributed by atoms with Crippen LogP contribution in [0.15, 0.2) is 50.8 Å². The third-order valence-electron chi connectivity index (χ3n) is 6.66. The topological polar surface area (TPSA) is 118 Å². The van der Waals surface area contributed by atoms with Crippen LogP contribution in [-0.2, 0) is 16.3 Å². The Hall–Kier alpha value is -3.12. The maximum Gasteiger partial charge on any atom is 0.228 e. The maximum absolute atomic E-state index is 12.0. The lowest BCUT2D eigenvalue weighted by atomic mass is 9.93. The summed E-state index contributed by atoms with van der Waals surface area (Å²) in [6.07, 6.45) is 8.80. The molecule has 0 spiro atoms. The fourth-order valence-electron chi connectivity index (χ4n) is 4.88. The Kier molecular flexibility index (Phi) is 5.44. The van der Waals surface area contributed by atoms with Gasteiger partial charge in [0.2, 0.25) is 11.5 Å². The SMILES string of the molecule is CS(=O)(=O)c1ccc2c(c1)CCN2c1ncnc2c(C3CCN(c4ncc(Br)cn4)CC3)noc12. The Balaban J connectivity index is 1.26. The van der Waals surface area contributed by atoms with E-state index in [0.717, 1.165) is 65.2 Å². The summed E-state index contributed by atoms with van der Waals surface area (Å²) in [5, 5.41) is 4.42. The van der Waals surface area contributed by atoms with Crippen LogP contribution in [0.2, 0.25) is 0 Å². The third kappa shape index (κ3) is 4.04. The number of aromatic nitrogens is 5. The molecule has 12 heteroatoms. The van der Waals surface area contributed by atoms with Gasteiger partial charge in [0.25, 0.3) is 0 Å². The largest absolute Gasteiger partial charge is 0.350 e. The Morgan fingerprint density at radius 3 is 2.57 bits per heavy atom. The van der Waals surface area contributed by atoms with Crippen LogP contribution in [0.5, 0.6) is 0 Å². The fraction of sp³-hybridized carbons (Fsp3) is 0.348. The van der Waals surface area contributed by atoms with E-state index in [-0.39, 0.29) is 5.92 Å². The molecule has 1 fully saturated rings. The Morgan fingerprint density at radius 1 is 1.06 bits per heavy atom. The zero-order chi connectivity index (χ0) is 24.2. The third-order valence-corrected chi connectivity index (χ3v) is 8.18. The van der Waals surface area contributed by atoms with Gasteiger partial charge in [-0.2, -0.15) is 0 Å². The maximum atomic E-state index is 12.0. The number of benzene rings is 1. The second-order valence-electron chi connectivity index (χ2n) is 8.87. The van der Waals surface area contributed by atoms with E-state index in [4.69, 9.17) is 4.52 Å². The molecule has 35 heavy (non-hydrogen) atoms. The molecule has 0 amide bonds. The van der Waals surface area contributed by atoms with Crippen LogP contribution in [0.4, 0.5) is 17.5 Å². The average Bonchev–Trinajstić information content (AvgIpc) is 3.48. The highest BCUT2D eigenvalue weighted by Crippen LogP contribution is 2.40. The molecule has 6 rings (SSSR count). The minimum atomic E-state index is -3.26. The van der Waals surface area contributed by atoms with Gasteiger partial charge in [0.05, 0.1) is 9.37 Å². The molecule has 0 radical (unpaired) electrons. The number of hydrogen-bond donors (Lipinski definition) is 0. The lowest BCUT2D eigenvalue weighted by molar-refractivity contribution is 0.416. The van der Waals surface area contributed by atoms with Crippen molar-refractivity contribution in [2.24, 2.45) is 0 Å². The predicted molar refractivity (Wildman–Crippen MR) is 134 cm³/mol. The minimum absolute atomic E-state index is 0.217. The number of halogens is 1. The van der Waals surface area contributed by atoms with E-state index in [2.05, 4.69) is 45.9 Å². The van der Waals surface area contributed by atoms with Gasteiger partial charge >= 0.3 is 0 Å². The number of rotatable bonds is 4. The van der Waals surface area contributed by atoms with Gasteiger partial charge in [-0.25, -0.2) is 28.4 Å². The summed E-state index contributed by atoms with van der Waals surface area (Å²) in [4.78, 5) is 22.4. The van der Waals surface area contributed by atoms with Gasteiger partial charge in [-0.15, -0.1) is 0 Å². The number of sulfone groups is 1. The molecule has 4 aromatic rings. The molecule has 0 atom stereocenters. The van der Waals surface area contributed by atoms with Crippen molar-refractivity contribution < 1.29 is 12.9 Å². The van der Waals surface area contributed by atoms with Crippen LogP contribution in [-0.4, -0.2) is 59.4 Å². The molecule has 0 saturated carbocycles. The highest BCUT2D eigenvalue weighted by molar-refractivity contribution is 9.10. The summed E-state index contributed by atoms with van der Waals surface area (Å²) < 4.78 is 30.6. The van der Waals surface area contributed by atoms with Crippen molar-refractivity contribution in [3.8, 4) is 0 Å². The molecule has 0 aliphatic carbocycles. The van der Waals surface area contributed by atoms with Crippen molar-refractivity contribution in [1.29, 1.82) is 0 Å². The van der Waals surface area contributed by atoms with Crippen LogP contribution in [0.25, 0.3) is 11.1 Å². The number of anilines is 3. The van der Waals surface area contributed by atoms with Crippen molar-refractivity contribution in [2.45, 2.75) is 30.1 Å². The zero-order valence-corrected chi connectivity index (χ0v) is 21.3. The van der Waals surface area contributed by atoms with E-state index in [9.17, 15) is 8.42 Å². The van der Waals surface area contributed by atoms with E-state index < -0.39 is 9.84 Å². The van der Waals surface area contributed by atoms with Crippen LogP contribution in [0, 0.1) is 0 Å². The average molecular weight is 556 g/mol. The second kappa shape index (κ2) is 8.52. The Bertz CT molecular complexity index is 1520. The summed E-state index contributed by atoms with van der Waals surface area (Å²) in [6, 6.07) is 5.22. The van der Waals surface area contributed by atoms with Crippen molar-refractivity contribution in [1.82, 2.24) is 25.1 Å². The molecule has 2 aliphatic heterocycles. The quantitative estimate of drug-likeness (QED) is 0.369. The number of piperidine rings is 1. The van der Waals surface area contributed by atoms with E-state index in [1.165, 1.54) is 6.26 Å². The smallest absolute Gasteiger partial charge is 0.228 e. The van der Waals surface area contributed by atoms with Gasteiger partial charge in [0, 0.05) is 49.9 Å². The van der Waals surface area contributed by atoms with E-state index in [0.29, 0.717) is 22.8 Å². The van der Waals surface area contributed by atoms with Crippen LogP contribution < -0.4 is 9.80 Å². The molecule has 1 aromatic carbocycles. The van der Waals surface area contributed by atoms with Gasteiger partial charge in [0.1, 0.15) is 17.5 Å². The van der Waals surface area contributed by atoms with Gasteiger partial charge < -0.3 is 14.3 Å². The fourth-order valence-corrected chi connectivity index (χ4v) is 5.76. The highest BCUT2D eigenvalue weighted by atomic mass is 79.9. The number of hydrogen-bond acceptors (Lipinski definition) is 10. The van der Waals surface area contributed by atoms with Crippen molar-refractivity contribution in [3.63, 3.8) is 0 Å². The standard InChI is InChI=1S/C23H22BrN7O3S/c1-35(32,33)17-2-3-18-15(10-17)6-9-31(18)22-21-20(27-13-28-22)19(29-34-21)14-4-7-30(8-5-14)23-25-11-16(24)12-26-23/h2-3,10-14H,4-9H2,1H3. The summed E-state index contributed by atoms with van der Waals surface area (Å²) in [5.41, 5.74) is 4.04. The van der Waals surface area contributed by atoms with Crippen molar-refractivity contribution in [2.75, 3.05) is 35.7 Å². The molecule has 180 valence electrons. The van der Waals surface area contributed by atoms with Gasteiger partial charge in [-0.3, -0.25) is 0 Å². The van der Waals surface area contributed by atoms with E-state index in [1.807, 2.05) is 11.0 Å². The van der Waals surface area contributed by atoms with Crippen molar-refractivity contribution >= 4 is 54.3 Å². The van der Waals surface area contributed by atoms with Crippen LogP contribution in [0.1, 0.15) is 30.0 Å². The number of nitrogens with zero attached hydrogens (tertiary/aromatic N) is 7. The summed E-state index contributed by atoms with van der Waals surface area (Å²) >= 11 is 3.38. The summed E-state index contributed by atoms with van der Waals surface area (Å²) in [6.45, 7) is 2.32. The zero-order valence-electron chi connectivity index (χ0n) is 18.9. The Morgan fingerprint density at radius 2 is 1.83 bits per heavy atom. The first-order chi connectivity index (χ1) is 16.9. The molecule has 10 nitrogen and oxygen atoms in total. The molecule has 3 aromatic heterocycles.